The second kappa shape index (κ2) is 8.48. The van der Waals surface area contributed by atoms with Crippen LogP contribution in [0.1, 0.15) is 0 Å². The molecule has 3 aromatic heterocycles. The van der Waals surface area contributed by atoms with Gasteiger partial charge in [-0.1, -0.05) is 42.1 Å². The molecule has 4 aromatic rings. The fourth-order valence-corrected chi connectivity index (χ4v) is 4.68. The molecule has 0 N–H and O–H groups in total. The zero-order valence-electron chi connectivity index (χ0n) is 17.0. The molecule has 0 aliphatic heterocycles. The number of hydrogen-bond acceptors (Lipinski definition) is 7. The Morgan fingerprint density at radius 1 is 1.16 bits per heavy atom. The summed E-state index contributed by atoms with van der Waals surface area (Å²) >= 11 is 1.38. The normalized spacial score (nSPS) is 13.1. The smallest absolute Gasteiger partial charge is 0.267 e. The van der Waals surface area contributed by atoms with Crippen LogP contribution < -0.4 is 5.56 Å². The van der Waals surface area contributed by atoms with Crippen LogP contribution in [0, 0.1) is 0 Å². The number of benzene rings is 1. The predicted octanol–water partition coefficient (Wildman–Crippen LogP) is 3.67. The number of rotatable bonds is 6. The lowest BCUT2D eigenvalue weighted by molar-refractivity contribution is 0.596. The molecule has 0 aliphatic rings. The standard InChI is InChI=1S/C21H20N6O2S2/c1-4-13-26-20(28)16-14-22-21(30-2)24-19(16)27(26)18-12-8-11-17(23-18)25-31(3,29)15-9-6-5-7-10-15/h4-12,14H,1,13H2,2-3H3. The van der Waals surface area contributed by atoms with E-state index in [9.17, 15) is 9.00 Å². The predicted molar refractivity (Wildman–Crippen MR) is 124 cm³/mol. The van der Waals surface area contributed by atoms with Crippen molar-refractivity contribution in [3.63, 3.8) is 0 Å². The van der Waals surface area contributed by atoms with Gasteiger partial charge in [0.15, 0.2) is 22.4 Å². The maximum atomic E-state index is 13.2. The Morgan fingerprint density at radius 3 is 2.65 bits per heavy atom. The van der Waals surface area contributed by atoms with Crippen molar-refractivity contribution < 1.29 is 4.21 Å². The van der Waals surface area contributed by atoms with Crippen LogP contribution in [0.4, 0.5) is 5.82 Å². The monoisotopic (exact) mass is 452 g/mol. The lowest BCUT2D eigenvalue weighted by atomic mass is 10.4. The van der Waals surface area contributed by atoms with Gasteiger partial charge in [-0.25, -0.2) is 28.5 Å². The zero-order valence-corrected chi connectivity index (χ0v) is 18.6. The average Bonchev–Trinajstić information content (AvgIpc) is 3.05. The van der Waals surface area contributed by atoms with E-state index in [1.165, 1.54) is 22.6 Å². The third kappa shape index (κ3) is 4.04. The van der Waals surface area contributed by atoms with Crippen molar-refractivity contribution >= 4 is 38.3 Å². The van der Waals surface area contributed by atoms with E-state index < -0.39 is 9.73 Å². The van der Waals surface area contributed by atoms with E-state index in [0.29, 0.717) is 32.7 Å². The molecule has 158 valence electrons. The van der Waals surface area contributed by atoms with E-state index >= 15 is 0 Å². The lowest BCUT2D eigenvalue weighted by Gasteiger charge is -2.11. The molecule has 8 nitrogen and oxygen atoms in total. The van der Waals surface area contributed by atoms with Crippen LogP contribution in [0.3, 0.4) is 0 Å². The first-order valence-corrected chi connectivity index (χ1v) is 12.5. The Hall–Kier alpha value is -3.24. The lowest BCUT2D eigenvalue weighted by Crippen LogP contribution is -2.22. The highest BCUT2D eigenvalue weighted by Gasteiger charge is 2.18. The fourth-order valence-electron chi connectivity index (χ4n) is 3.12. The number of pyridine rings is 1. The molecule has 10 heteroatoms. The molecule has 1 unspecified atom stereocenters. The molecule has 4 rings (SSSR count). The largest absolute Gasteiger partial charge is 0.278 e. The second-order valence-electron chi connectivity index (χ2n) is 6.64. The molecule has 1 aromatic carbocycles. The maximum Gasteiger partial charge on any atom is 0.278 e. The molecule has 0 aliphatic carbocycles. The van der Waals surface area contributed by atoms with Gasteiger partial charge in [-0.2, -0.15) is 4.36 Å². The van der Waals surface area contributed by atoms with E-state index in [0.717, 1.165) is 0 Å². The molecule has 0 saturated carbocycles. The summed E-state index contributed by atoms with van der Waals surface area (Å²) in [4.78, 5) is 26.8. The summed E-state index contributed by atoms with van der Waals surface area (Å²) in [6, 6.07) is 14.2. The molecule has 3 heterocycles. The van der Waals surface area contributed by atoms with Crippen molar-refractivity contribution in [3.05, 3.63) is 77.7 Å². The van der Waals surface area contributed by atoms with Gasteiger partial charge in [-0.15, -0.1) is 6.58 Å². The number of nitrogens with zero attached hydrogens (tertiary/aromatic N) is 6. The van der Waals surface area contributed by atoms with Gasteiger partial charge >= 0.3 is 0 Å². The summed E-state index contributed by atoms with van der Waals surface area (Å²) < 4.78 is 20.7. The van der Waals surface area contributed by atoms with Crippen molar-refractivity contribution in [2.24, 2.45) is 4.36 Å². The van der Waals surface area contributed by atoms with Gasteiger partial charge in [0.1, 0.15) is 5.39 Å². The third-order valence-corrected chi connectivity index (χ3v) is 6.77. The Labute approximate surface area is 183 Å². The summed E-state index contributed by atoms with van der Waals surface area (Å²) in [5.74, 6) is 0.733. The third-order valence-electron chi connectivity index (χ3n) is 4.52. The van der Waals surface area contributed by atoms with E-state index in [4.69, 9.17) is 0 Å². The highest BCUT2D eigenvalue weighted by atomic mass is 32.2. The Bertz CT molecular complexity index is 1450. The molecule has 1 atom stereocenters. The van der Waals surface area contributed by atoms with Gasteiger partial charge in [0.2, 0.25) is 0 Å². The van der Waals surface area contributed by atoms with E-state index in [-0.39, 0.29) is 12.1 Å². The highest BCUT2D eigenvalue weighted by molar-refractivity contribution is 7.98. The van der Waals surface area contributed by atoms with Gasteiger partial charge in [0.25, 0.3) is 5.56 Å². The topological polar surface area (TPSA) is 95.0 Å². The van der Waals surface area contributed by atoms with Crippen molar-refractivity contribution in [2.75, 3.05) is 12.5 Å². The number of thioether (sulfide) groups is 1. The van der Waals surface area contributed by atoms with Crippen LogP contribution in [0.15, 0.2) is 86.6 Å². The molecule has 0 bridgehead atoms. The quantitative estimate of drug-likeness (QED) is 0.252. The SMILES string of the molecule is C=CCn1c(=O)c2cnc(SC)nc2n1-c1cccc(N=S(C)(=O)c2ccccc2)n1. The maximum absolute atomic E-state index is 13.2. The number of allylic oxidation sites excluding steroid dienone is 1. The summed E-state index contributed by atoms with van der Waals surface area (Å²) in [6.45, 7) is 4.01. The minimum Gasteiger partial charge on any atom is -0.267 e. The Balaban J connectivity index is 1.93. The highest BCUT2D eigenvalue weighted by Crippen LogP contribution is 2.21. The molecule has 0 spiro atoms. The van der Waals surface area contributed by atoms with E-state index in [1.807, 2.05) is 24.5 Å². The van der Waals surface area contributed by atoms with Gasteiger partial charge in [-0.3, -0.25) is 4.79 Å². The Kier molecular flexibility index (Phi) is 5.75. The van der Waals surface area contributed by atoms with Gasteiger partial charge < -0.3 is 0 Å². The van der Waals surface area contributed by atoms with Crippen molar-refractivity contribution in [3.8, 4) is 5.82 Å². The molecule has 31 heavy (non-hydrogen) atoms. The molecular weight excluding hydrogens is 432 g/mol. The van der Waals surface area contributed by atoms with Crippen molar-refractivity contribution in [1.29, 1.82) is 0 Å². The zero-order chi connectivity index (χ0) is 22.0. The van der Waals surface area contributed by atoms with Crippen molar-refractivity contribution in [2.45, 2.75) is 16.6 Å². The number of aromatic nitrogens is 5. The van der Waals surface area contributed by atoms with Crippen molar-refractivity contribution in [1.82, 2.24) is 24.3 Å². The molecule has 0 saturated heterocycles. The van der Waals surface area contributed by atoms with Gasteiger partial charge in [0.05, 0.1) is 16.3 Å². The summed E-state index contributed by atoms with van der Waals surface area (Å²) in [5.41, 5.74) is 0.200. The van der Waals surface area contributed by atoms with E-state index in [2.05, 4.69) is 25.9 Å². The first kappa shape index (κ1) is 21.0. The van der Waals surface area contributed by atoms with Crippen LogP contribution in [0.25, 0.3) is 16.9 Å². The Morgan fingerprint density at radius 2 is 1.94 bits per heavy atom. The summed E-state index contributed by atoms with van der Waals surface area (Å²) in [5, 5.41) is 0.922. The average molecular weight is 453 g/mol. The molecule has 0 radical (unpaired) electrons. The second-order valence-corrected chi connectivity index (χ2v) is 9.67. The number of hydrogen-bond donors (Lipinski definition) is 0. The van der Waals surface area contributed by atoms with Crippen LogP contribution >= 0.6 is 11.8 Å². The number of fused-ring (bicyclic) bond motifs is 1. The van der Waals surface area contributed by atoms with Crippen LogP contribution in [0.2, 0.25) is 0 Å². The fraction of sp³-hybridized carbons (Fsp3) is 0.143. The van der Waals surface area contributed by atoms with Gasteiger partial charge in [0, 0.05) is 17.3 Å². The molecule has 0 fully saturated rings. The van der Waals surface area contributed by atoms with Crippen LogP contribution in [0.5, 0.6) is 0 Å². The first-order chi connectivity index (χ1) is 14.9. The summed E-state index contributed by atoms with van der Waals surface area (Å²) in [6.07, 6.45) is 6.59. The minimum atomic E-state index is -2.69. The molecule has 0 amide bonds. The van der Waals surface area contributed by atoms with Crippen LogP contribution in [-0.4, -0.2) is 41.0 Å². The van der Waals surface area contributed by atoms with Gasteiger partial charge in [-0.05, 0) is 30.5 Å². The minimum absolute atomic E-state index is 0.240. The van der Waals surface area contributed by atoms with E-state index in [1.54, 1.807) is 47.3 Å². The van der Waals surface area contributed by atoms with Crippen LogP contribution in [-0.2, 0) is 16.3 Å². The molecular formula is C21H20N6O2S2. The summed E-state index contributed by atoms with van der Waals surface area (Å²) in [7, 11) is -2.69. The first-order valence-electron chi connectivity index (χ1n) is 9.32.